The van der Waals surface area contributed by atoms with Crippen LogP contribution in [0.2, 0.25) is 0 Å². The molecule has 148 valence electrons. The Balaban J connectivity index is 1.83. The highest BCUT2D eigenvalue weighted by atomic mass is 32.1. The molecule has 1 aromatic carbocycles. The highest BCUT2D eigenvalue weighted by Gasteiger charge is 2.13. The van der Waals surface area contributed by atoms with Crippen molar-refractivity contribution in [1.82, 2.24) is 9.88 Å². The predicted octanol–water partition coefficient (Wildman–Crippen LogP) is 4.45. The summed E-state index contributed by atoms with van der Waals surface area (Å²) in [6.07, 6.45) is 3.18. The Labute approximate surface area is 164 Å². The van der Waals surface area contributed by atoms with E-state index in [1.165, 1.54) is 11.3 Å². The second kappa shape index (κ2) is 10.9. The van der Waals surface area contributed by atoms with Crippen LogP contribution in [0.1, 0.15) is 52.9 Å². The molecule has 0 unspecified atom stereocenters. The molecule has 7 heteroatoms. The molecule has 27 heavy (non-hydrogen) atoms. The number of benzene rings is 1. The Kier molecular flexibility index (Phi) is 8.51. The zero-order valence-electron chi connectivity index (χ0n) is 16.4. The fraction of sp³-hybridized carbons (Fsp3) is 0.550. The zero-order valence-corrected chi connectivity index (χ0v) is 17.2. The number of thiazole rings is 1. The number of carbonyl (C=O) groups is 2. The third-order valence-corrected chi connectivity index (χ3v) is 4.99. The van der Waals surface area contributed by atoms with Gasteiger partial charge in [0.05, 0.1) is 16.8 Å². The van der Waals surface area contributed by atoms with Gasteiger partial charge in [-0.3, -0.25) is 9.59 Å². The van der Waals surface area contributed by atoms with Gasteiger partial charge in [0.2, 0.25) is 11.8 Å². The van der Waals surface area contributed by atoms with Gasteiger partial charge in [0, 0.05) is 25.9 Å². The molecular weight excluding hydrogens is 362 g/mol. The Morgan fingerprint density at radius 3 is 2.56 bits per heavy atom. The molecule has 0 atom stereocenters. The van der Waals surface area contributed by atoms with Gasteiger partial charge in [-0.15, -0.1) is 0 Å². The number of amides is 2. The summed E-state index contributed by atoms with van der Waals surface area (Å²) in [4.78, 5) is 30.7. The van der Waals surface area contributed by atoms with Crippen LogP contribution >= 0.6 is 11.3 Å². The summed E-state index contributed by atoms with van der Waals surface area (Å²) >= 11 is 1.43. The van der Waals surface area contributed by atoms with Crippen LogP contribution in [0.15, 0.2) is 18.2 Å². The minimum absolute atomic E-state index is 0.107. The molecule has 0 aliphatic rings. The average molecular weight is 392 g/mol. The third kappa shape index (κ3) is 6.50. The quantitative estimate of drug-likeness (QED) is 0.614. The number of fused-ring (bicyclic) bond motifs is 1. The van der Waals surface area contributed by atoms with Crippen LogP contribution < -0.4 is 10.1 Å². The molecule has 0 aliphatic heterocycles. The van der Waals surface area contributed by atoms with Crippen molar-refractivity contribution in [1.29, 1.82) is 0 Å². The smallest absolute Gasteiger partial charge is 0.226 e. The lowest BCUT2D eigenvalue weighted by Gasteiger charge is -2.21. The molecule has 0 fully saturated rings. The van der Waals surface area contributed by atoms with Crippen molar-refractivity contribution in [3.63, 3.8) is 0 Å². The monoisotopic (exact) mass is 391 g/mol. The lowest BCUT2D eigenvalue weighted by Crippen LogP contribution is -2.32. The second-order valence-electron chi connectivity index (χ2n) is 6.36. The minimum atomic E-state index is -0.107. The first-order valence-corrected chi connectivity index (χ1v) is 10.5. The lowest BCUT2D eigenvalue weighted by atomic mass is 10.2. The van der Waals surface area contributed by atoms with E-state index in [9.17, 15) is 9.59 Å². The summed E-state index contributed by atoms with van der Waals surface area (Å²) in [6, 6.07) is 5.70. The Bertz CT molecular complexity index is 754. The van der Waals surface area contributed by atoms with Crippen LogP contribution in [0.3, 0.4) is 0 Å². The minimum Gasteiger partial charge on any atom is -0.494 e. The molecule has 2 aromatic rings. The second-order valence-corrected chi connectivity index (χ2v) is 7.39. The van der Waals surface area contributed by atoms with Gasteiger partial charge >= 0.3 is 0 Å². The largest absolute Gasteiger partial charge is 0.494 e. The number of hydrogen-bond acceptors (Lipinski definition) is 5. The normalized spacial score (nSPS) is 10.8. The molecule has 2 amide bonds. The number of anilines is 1. The van der Waals surface area contributed by atoms with E-state index in [1.54, 1.807) is 0 Å². The predicted molar refractivity (Wildman–Crippen MR) is 110 cm³/mol. The van der Waals surface area contributed by atoms with Crippen LogP contribution in [0.4, 0.5) is 5.13 Å². The van der Waals surface area contributed by atoms with Gasteiger partial charge in [0.15, 0.2) is 5.13 Å². The molecule has 0 radical (unpaired) electrons. The van der Waals surface area contributed by atoms with E-state index in [0.29, 0.717) is 31.0 Å². The standard InChI is InChI=1S/C20H29N3O3S/c1-4-12-23(13-5-2)19(25)9-7-8-18(24)22-20-21-16-11-10-15(26-6-3)14-17(16)27-20/h10-11,14H,4-9,12-13H2,1-3H3,(H,21,22,24). The van der Waals surface area contributed by atoms with Crippen LogP contribution in [0, 0.1) is 0 Å². The molecule has 2 rings (SSSR count). The van der Waals surface area contributed by atoms with E-state index in [2.05, 4.69) is 24.1 Å². The van der Waals surface area contributed by atoms with Crippen LogP contribution in [0.25, 0.3) is 10.2 Å². The van der Waals surface area contributed by atoms with Crippen molar-refractivity contribution in [3.05, 3.63) is 18.2 Å². The van der Waals surface area contributed by atoms with E-state index in [0.717, 1.165) is 41.9 Å². The zero-order chi connectivity index (χ0) is 19.6. The van der Waals surface area contributed by atoms with Gasteiger partial charge in [-0.25, -0.2) is 4.98 Å². The first-order valence-electron chi connectivity index (χ1n) is 9.68. The van der Waals surface area contributed by atoms with E-state index < -0.39 is 0 Å². The van der Waals surface area contributed by atoms with E-state index >= 15 is 0 Å². The van der Waals surface area contributed by atoms with Crippen LogP contribution in [0.5, 0.6) is 5.75 Å². The molecule has 0 saturated carbocycles. The fourth-order valence-electron chi connectivity index (χ4n) is 2.86. The first kappa shape index (κ1) is 21.2. The molecule has 1 N–H and O–H groups in total. The molecular formula is C20H29N3O3S. The van der Waals surface area contributed by atoms with Gasteiger partial charge in [-0.2, -0.15) is 0 Å². The molecule has 6 nitrogen and oxygen atoms in total. The van der Waals surface area contributed by atoms with Crippen molar-refractivity contribution >= 4 is 38.5 Å². The van der Waals surface area contributed by atoms with Crippen molar-refractivity contribution in [2.24, 2.45) is 0 Å². The Morgan fingerprint density at radius 2 is 1.89 bits per heavy atom. The topological polar surface area (TPSA) is 71.5 Å². The van der Waals surface area contributed by atoms with E-state index in [4.69, 9.17) is 4.74 Å². The van der Waals surface area contributed by atoms with Crippen molar-refractivity contribution < 1.29 is 14.3 Å². The van der Waals surface area contributed by atoms with Crippen molar-refractivity contribution in [3.8, 4) is 5.75 Å². The number of rotatable bonds is 11. The number of carbonyl (C=O) groups excluding carboxylic acids is 2. The molecule has 0 aliphatic carbocycles. The molecule has 1 heterocycles. The number of nitrogens with zero attached hydrogens (tertiary/aromatic N) is 2. The summed E-state index contributed by atoms with van der Waals surface area (Å²) in [6.45, 7) is 8.26. The maximum Gasteiger partial charge on any atom is 0.226 e. The number of aromatic nitrogens is 1. The Morgan fingerprint density at radius 1 is 1.15 bits per heavy atom. The number of ether oxygens (including phenoxy) is 1. The molecule has 1 aromatic heterocycles. The van der Waals surface area contributed by atoms with Gasteiger partial charge in [0.25, 0.3) is 0 Å². The number of hydrogen-bond donors (Lipinski definition) is 1. The van der Waals surface area contributed by atoms with Crippen LogP contribution in [-0.2, 0) is 9.59 Å². The average Bonchev–Trinajstić information content (AvgIpc) is 3.03. The summed E-state index contributed by atoms with van der Waals surface area (Å²) in [5, 5.41) is 3.42. The van der Waals surface area contributed by atoms with Crippen LogP contribution in [-0.4, -0.2) is 41.4 Å². The summed E-state index contributed by atoms with van der Waals surface area (Å²) in [5.74, 6) is 0.827. The molecule has 0 saturated heterocycles. The fourth-order valence-corrected chi connectivity index (χ4v) is 3.77. The van der Waals surface area contributed by atoms with Crippen molar-refractivity contribution in [2.75, 3.05) is 25.0 Å². The number of nitrogens with one attached hydrogen (secondary N) is 1. The highest BCUT2D eigenvalue weighted by Crippen LogP contribution is 2.29. The first-order chi connectivity index (χ1) is 13.1. The SMILES string of the molecule is CCCN(CCC)C(=O)CCCC(=O)Nc1nc2ccc(OCC)cc2s1. The van der Waals surface area contributed by atoms with Gasteiger partial charge in [-0.1, -0.05) is 25.2 Å². The van der Waals surface area contributed by atoms with E-state index in [-0.39, 0.29) is 11.8 Å². The summed E-state index contributed by atoms with van der Waals surface area (Å²) < 4.78 is 6.46. The van der Waals surface area contributed by atoms with Gasteiger partial charge < -0.3 is 15.0 Å². The maximum absolute atomic E-state index is 12.2. The third-order valence-electron chi connectivity index (χ3n) is 4.05. The Hall–Kier alpha value is -2.15. The van der Waals surface area contributed by atoms with Crippen molar-refractivity contribution in [2.45, 2.75) is 52.9 Å². The maximum atomic E-state index is 12.2. The highest BCUT2D eigenvalue weighted by molar-refractivity contribution is 7.22. The van der Waals surface area contributed by atoms with Gasteiger partial charge in [0.1, 0.15) is 5.75 Å². The lowest BCUT2D eigenvalue weighted by molar-refractivity contribution is -0.131. The molecule has 0 spiro atoms. The summed E-state index contributed by atoms with van der Waals surface area (Å²) in [7, 11) is 0. The summed E-state index contributed by atoms with van der Waals surface area (Å²) in [5.41, 5.74) is 0.837. The van der Waals surface area contributed by atoms with Gasteiger partial charge in [-0.05, 0) is 44.4 Å². The van der Waals surface area contributed by atoms with E-state index in [1.807, 2.05) is 30.0 Å². The molecule has 0 bridgehead atoms.